The van der Waals surface area contributed by atoms with Gasteiger partial charge in [0, 0.05) is 17.7 Å². The zero-order valence-corrected chi connectivity index (χ0v) is 7.43. The van der Waals surface area contributed by atoms with Crippen LogP contribution in [-0.2, 0) is 0 Å². The first-order chi connectivity index (χ1) is 6.56. The third-order valence-electron chi connectivity index (χ3n) is 1.90. The van der Waals surface area contributed by atoms with Crippen molar-refractivity contribution in [1.82, 2.24) is 0 Å². The highest BCUT2D eigenvalue weighted by atomic mass is 19.2. The lowest BCUT2D eigenvalue weighted by atomic mass is 10.0. The Morgan fingerprint density at radius 2 is 1.86 bits per heavy atom. The summed E-state index contributed by atoms with van der Waals surface area (Å²) in [6.45, 7) is 0.235. The molecular weight excluding hydrogens is 193 g/mol. The second-order valence-electron chi connectivity index (χ2n) is 2.97. The first kappa shape index (κ1) is 11.0. The van der Waals surface area contributed by atoms with Crippen molar-refractivity contribution in [2.75, 3.05) is 6.54 Å². The van der Waals surface area contributed by atoms with E-state index in [0.29, 0.717) is 6.07 Å². The number of nitrogens with two attached hydrogens (primary N) is 2. The van der Waals surface area contributed by atoms with Gasteiger partial charge < -0.3 is 11.5 Å². The van der Waals surface area contributed by atoms with Crippen molar-refractivity contribution >= 4 is 0 Å². The summed E-state index contributed by atoms with van der Waals surface area (Å²) in [4.78, 5) is 0. The minimum atomic E-state index is -1.23. The van der Waals surface area contributed by atoms with Crippen molar-refractivity contribution in [3.63, 3.8) is 0 Å². The molecule has 0 heterocycles. The van der Waals surface area contributed by atoms with Crippen molar-refractivity contribution in [3.05, 3.63) is 35.1 Å². The van der Waals surface area contributed by atoms with Gasteiger partial charge in [-0.15, -0.1) is 0 Å². The highest BCUT2D eigenvalue weighted by Gasteiger charge is 2.16. The van der Waals surface area contributed by atoms with Crippen molar-refractivity contribution < 1.29 is 13.2 Å². The minimum Gasteiger partial charge on any atom is -0.330 e. The molecule has 1 aromatic rings. The maximum atomic E-state index is 13.1. The van der Waals surface area contributed by atoms with Gasteiger partial charge in [0.05, 0.1) is 0 Å². The second kappa shape index (κ2) is 4.43. The summed E-state index contributed by atoms with van der Waals surface area (Å²) in [7, 11) is 0. The topological polar surface area (TPSA) is 52.0 Å². The fourth-order valence-electron chi connectivity index (χ4n) is 1.18. The van der Waals surface area contributed by atoms with Crippen LogP contribution in [0.3, 0.4) is 0 Å². The lowest BCUT2D eigenvalue weighted by Crippen LogP contribution is -2.17. The van der Waals surface area contributed by atoms with Crippen molar-refractivity contribution in [2.45, 2.75) is 12.5 Å². The van der Waals surface area contributed by atoms with E-state index >= 15 is 0 Å². The number of benzene rings is 1. The van der Waals surface area contributed by atoms with E-state index in [1.807, 2.05) is 0 Å². The zero-order valence-electron chi connectivity index (χ0n) is 7.43. The van der Waals surface area contributed by atoms with Gasteiger partial charge in [-0.1, -0.05) is 0 Å². The molecule has 0 saturated heterocycles. The molecular formula is C9H11F3N2. The average Bonchev–Trinajstić information content (AvgIpc) is 2.11. The molecule has 14 heavy (non-hydrogen) atoms. The Labute approximate surface area is 79.7 Å². The molecule has 78 valence electrons. The van der Waals surface area contributed by atoms with Gasteiger partial charge in [0.15, 0.2) is 11.6 Å². The average molecular weight is 204 g/mol. The molecule has 0 fully saturated rings. The van der Waals surface area contributed by atoms with E-state index < -0.39 is 23.5 Å². The molecule has 1 rings (SSSR count). The monoisotopic (exact) mass is 204 g/mol. The first-order valence-electron chi connectivity index (χ1n) is 4.16. The van der Waals surface area contributed by atoms with E-state index in [1.165, 1.54) is 0 Å². The summed E-state index contributed by atoms with van der Waals surface area (Å²) in [5.41, 5.74) is 10.5. The van der Waals surface area contributed by atoms with Crippen LogP contribution in [0.5, 0.6) is 0 Å². The molecule has 1 atom stereocenters. The van der Waals surface area contributed by atoms with Crippen LogP contribution in [0.4, 0.5) is 13.2 Å². The molecule has 0 aromatic heterocycles. The van der Waals surface area contributed by atoms with Gasteiger partial charge in [-0.2, -0.15) is 0 Å². The predicted molar refractivity (Wildman–Crippen MR) is 46.9 cm³/mol. The van der Waals surface area contributed by atoms with Crippen LogP contribution in [0.1, 0.15) is 18.0 Å². The minimum absolute atomic E-state index is 0.173. The van der Waals surface area contributed by atoms with Gasteiger partial charge in [0.2, 0.25) is 0 Å². The number of rotatable bonds is 3. The van der Waals surface area contributed by atoms with Gasteiger partial charge >= 0.3 is 0 Å². The molecule has 4 N–H and O–H groups in total. The smallest absolute Gasteiger partial charge is 0.163 e. The molecule has 5 heteroatoms. The number of hydrogen-bond acceptors (Lipinski definition) is 2. The third kappa shape index (κ3) is 2.24. The van der Waals surface area contributed by atoms with Crippen LogP contribution in [0.2, 0.25) is 0 Å². The van der Waals surface area contributed by atoms with Crippen LogP contribution in [0, 0.1) is 17.5 Å². The zero-order chi connectivity index (χ0) is 10.7. The molecule has 0 spiro atoms. The number of hydrogen-bond donors (Lipinski definition) is 2. The fourth-order valence-corrected chi connectivity index (χ4v) is 1.18. The molecule has 0 unspecified atom stereocenters. The molecule has 0 amide bonds. The number of halogens is 3. The first-order valence-corrected chi connectivity index (χ1v) is 4.16. The van der Waals surface area contributed by atoms with E-state index in [0.717, 1.165) is 6.07 Å². The van der Waals surface area contributed by atoms with Crippen LogP contribution in [0.25, 0.3) is 0 Å². The van der Waals surface area contributed by atoms with E-state index in [4.69, 9.17) is 11.5 Å². The van der Waals surface area contributed by atoms with Gasteiger partial charge in [-0.3, -0.25) is 0 Å². The van der Waals surface area contributed by atoms with Gasteiger partial charge in [0.1, 0.15) is 5.82 Å². The van der Waals surface area contributed by atoms with Gasteiger partial charge in [-0.05, 0) is 19.0 Å². The lowest BCUT2D eigenvalue weighted by molar-refractivity contribution is 0.471. The molecule has 0 aliphatic heterocycles. The van der Waals surface area contributed by atoms with Crippen molar-refractivity contribution in [3.8, 4) is 0 Å². The lowest BCUT2D eigenvalue weighted by Gasteiger charge is -2.11. The maximum Gasteiger partial charge on any atom is 0.163 e. The van der Waals surface area contributed by atoms with Crippen molar-refractivity contribution in [2.24, 2.45) is 11.5 Å². The summed E-state index contributed by atoms with van der Waals surface area (Å²) in [5, 5.41) is 0. The highest BCUT2D eigenvalue weighted by Crippen LogP contribution is 2.21. The van der Waals surface area contributed by atoms with Crippen LogP contribution in [0.15, 0.2) is 12.1 Å². The summed E-state index contributed by atoms with van der Waals surface area (Å²) in [6, 6.07) is 0.595. The Kier molecular flexibility index (Phi) is 3.49. The Morgan fingerprint density at radius 3 is 2.43 bits per heavy atom. The largest absolute Gasteiger partial charge is 0.330 e. The predicted octanol–water partition coefficient (Wildman–Crippen LogP) is 1.45. The van der Waals surface area contributed by atoms with Crippen LogP contribution in [-0.4, -0.2) is 6.54 Å². The molecule has 0 radical (unpaired) electrons. The Bertz CT molecular complexity index is 328. The van der Waals surface area contributed by atoms with Gasteiger partial charge in [-0.25, -0.2) is 13.2 Å². The Morgan fingerprint density at radius 1 is 1.21 bits per heavy atom. The summed E-state index contributed by atoms with van der Waals surface area (Å²) >= 11 is 0. The fraction of sp³-hybridized carbons (Fsp3) is 0.333. The second-order valence-corrected chi connectivity index (χ2v) is 2.97. The van der Waals surface area contributed by atoms with Gasteiger partial charge in [0.25, 0.3) is 0 Å². The normalized spacial score (nSPS) is 12.9. The third-order valence-corrected chi connectivity index (χ3v) is 1.90. The summed E-state index contributed by atoms with van der Waals surface area (Å²) in [6.07, 6.45) is 0.278. The van der Waals surface area contributed by atoms with E-state index in [2.05, 4.69) is 0 Å². The standard InChI is InChI=1S/C9H11F3N2/c10-5-3-6(8(14)1-2-13)9(12)7(11)4-5/h3-4,8H,1-2,13-14H2/t8-/m0/s1. The summed E-state index contributed by atoms with van der Waals surface area (Å²) < 4.78 is 38.5. The highest BCUT2D eigenvalue weighted by molar-refractivity contribution is 5.23. The van der Waals surface area contributed by atoms with E-state index in [-0.39, 0.29) is 18.5 Å². The molecule has 0 saturated carbocycles. The maximum absolute atomic E-state index is 13.1. The van der Waals surface area contributed by atoms with Crippen LogP contribution >= 0.6 is 0 Å². The molecule has 1 aromatic carbocycles. The molecule has 0 aliphatic carbocycles. The molecule has 2 nitrogen and oxygen atoms in total. The Balaban J connectivity index is 3.07. The Hall–Kier alpha value is -1.07. The van der Waals surface area contributed by atoms with E-state index in [1.54, 1.807) is 0 Å². The van der Waals surface area contributed by atoms with Crippen LogP contribution < -0.4 is 11.5 Å². The van der Waals surface area contributed by atoms with Crippen molar-refractivity contribution in [1.29, 1.82) is 0 Å². The summed E-state index contributed by atoms with van der Waals surface area (Å²) in [5.74, 6) is -3.17. The SMILES string of the molecule is NCC[C@H](N)c1cc(F)cc(F)c1F. The molecule has 0 aliphatic rings. The van der Waals surface area contributed by atoms with E-state index in [9.17, 15) is 13.2 Å². The molecule has 0 bridgehead atoms. The quantitative estimate of drug-likeness (QED) is 0.732.